The van der Waals surface area contributed by atoms with E-state index in [9.17, 15) is 13.2 Å². The van der Waals surface area contributed by atoms with Crippen molar-refractivity contribution in [2.24, 2.45) is 5.92 Å². The molecule has 1 fully saturated rings. The Morgan fingerprint density at radius 1 is 1.07 bits per heavy atom. The molecule has 0 aliphatic carbocycles. The van der Waals surface area contributed by atoms with Gasteiger partial charge in [-0.25, -0.2) is 8.42 Å². The minimum absolute atomic E-state index is 0.107. The lowest BCUT2D eigenvalue weighted by Crippen LogP contribution is -2.39. The number of sulfone groups is 1. The van der Waals surface area contributed by atoms with E-state index in [2.05, 4.69) is 0 Å². The minimum Gasteiger partial charge on any atom is -0.376 e. The number of carbonyl (C=O) groups excluding carboxylic acids is 1. The van der Waals surface area contributed by atoms with E-state index in [-0.39, 0.29) is 10.8 Å². The number of hydrogen-bond donors (Lipinski definition) is 0. The molecule has 144 valence electrons. The van der Waals surface area contributed by atoms with E-state index in [1.165, 1.54) is 12.1 Å². The molecular formula is C21H25NO4S. The highest BCUT2D eigenvalue weighted by Crippen LogP contribution is 2.21. The molecule has 0 N–H and O–H groups in total. The van der Waals surface area contributed by atoms with Crippen molar-refractivity contribution in [1.29, 1.82) is 0 Å². The number of ether oxygens (including phenoxy) is 1. The molecule has 0 spiro atoms. The van der Waals surface area contributed by atoms with Gasteiger partial charge in [-0.2, -0.15) is 0 Å². The van der Waals surface area contributed by atoms with Gasteiger partial charge in [-0.3, -0.25) is 4.79 Å². The molecule has 2 aromatic rings. The van der Waals surface area contributed by atoms with Gasteiger partial charge in [-0.05, 0) is 42.5 Å². The fourth-order valence-electron chi connectivity index (χ4n) is 3.26. The second-order valence-corrected chi connectivity index (χ2v) is 9.05. The van der Waals surface area contributed by atoms with E-state index in [1.807, 2.05) is 30.3 Å². The second-order valence-electron chi connectivity index (χ2n) is 7.04. The molecule has 1 amide bonds. The van der Waals surface area contributed by atoms with Crippen LogP contribution in [0.3, 0.4) is 0 Å². The largest absolute Gasteiger partial charge is 0.376 e. The van der Waals surface area contributed by atoms with Crippen molar-refractivity contribution in [1.82, 2.24) is 4.90 Å². The van der Waals surface area contributed by atoms with E-state index < -0.39 is 9.84 Å². The summed E-state index contributed by atoms with van der Waals surface area (Å²) in [5.41, 5.74) is 1.59. The van der Waals surface area contributed by atoms with Crippen molar-refractivity contribution in [3.8, 4) is 0 Å². The van der Waals surface area contributed by atoms with E-state index in [1.54, 1.807) is 17.0 Å². The zero-order valence-electron chi connectivity index (χ0n) is 15.5. The third-order valence-corrected chi connectivity index (χ3v) is 5.99. The van der Waals surface area contributed by atoms with Crippen LogP contribution in [0.1, 0.15) is 28.8 Å². The zero-order chi connectivity index (χ0) is 19.3. The quantitative estimate of drug-likeness (QED) is 0.764. The molecule has 0 aromatic heterocycles. The van der Waals surface area contributed by atoms with Gasteiger partial charge in [0.05, 0.1) is 11.5 Å². The van der Waals surface area contributed by atoms with Crippen LogP contribution in [-0.4, -0.2) is 45.2 Å². The predicted octanol–water partition coefficient (Wildman–Crippen LogP) is 3.16. The Bertz CT molecular complexity index is 872. The minimum atomic E-state index is -3.32. The van der Waals surface area contributed by atoms with Gasteiger partial charge in [0.25, 0.3) is 5.91 Å². The lowest BCUT2D eigenvalue weighted by Gasteiger charge is -2.32. The third-order valence-electron chi connectivity index (χ3n) is 4.88. The average Bonchev–Trinajstić information content (AvgIpc) is 2.68. The molecule has 1 heterocycles. The SMILES string of the molecule is CS(=O)(=O)c1cccc(C(=O)N2CCC(COCc3ccccc3)CC2)c1. The van der Waals surface area contributed by atoms with E-state index in [0.29, 0.717) is 37.8 Å². The summed E-state index contributed by atoms with van der Waals surface area (Å²) in [6.07, 6.45) is 2.94. The van der Waals surface area contributed by atoms with Gasteiger partial charge in [0, 0.05) is 31.5 Å². The van der Waals surface area contributed by atoms with Gasteiger partial charge in [0.2, 0.25) is 0 Å². The van der Waals surface area contributed by atoms with Gasteiger partial charge in [0.1, 0.15) is 0 Å². The lowest BCUT2D eigenvalue weighted by molar-refractivity contribution is 0.0478. The number of carbonyl (C=O) groups is 1. The van der Waals surface area contributed by atoms with Crippen LogP contribution in [0.4, 0.5) is 0 Å². The highest BCUT2D eigenvalue weighted by Gasteiger charge is 2.24. The summed E-state index contributed by atoms with van der Waals surface area (Å²) in [6, 6.07) is 16.4. The van der Waals surface area contributed by atoms with Crippen LogP contribution >= 0.6 is 0 Å². The number of rotatable bonds is 6. The summed E-state index contributed by atoms with van der Waals surface area (Å²) in [4.78, 5) is 14.7. The second kappa shape index (κ2) is 8.67. The van der Waals surface area contributed by atoms with Gasteiger partial charge in [0.15, 0.2) is 9.84 Å². The molecule has 1 aliphatic rings. The molecule has 6 heteroatoms. The Labute approximate surface area is 160 Å². The average molecular weight is 388 g/mol. The van der Waals surface area contributed by atoms with Crippen LogP contribution in [0.2, 0.25) is 0 Å². The van der Waals surface area contributed by atoms with Crippen LogP contribution in [0.15, 0.2) is 59.5 Å². The van der Waals surface area contributed by atoms with Crippen molar-refractivity contribution < 1.29 is 17.9 Å². The fraction of sp³-hybridized carbons (Fsp3) is 0.381. The van der Waals surface area contributed by atoms with Gasteiger partial charge >= 0.3 is 0 Å². The number of amides is 1. The van der Waals surface area contributed by atoms with Crippen LogP contribution in [-0.2, 0) is 21.2 Å². The number of benzene rings is 2. The lowest BCUT2D eigenvalue weighted by atomic mass is 9.97. The van der Waals surface area contributed by atoms with Crippen molar-refractivity contribution in [2.45, 2.75) is 24.3 Å². The van der Waals surface area contributed by atoms with E-state index >= 15 is 0 Å². The summed E-state index contributed by atoms with van der Waals surface area (Å²) in [6.45, 7) is 2.64. The summed E-state index contributed by atoms with van der Waals surface area (Å²) in [5.74, 6) is 0.337. The Balaban J connectivity index is 1.49. The third kappa shape index (κ3) is 5.40. The smallest absolute Gasteiger partial charge is 0.253 e. The molecule has 1 aliphatic heterocycles. The highest BCUT2D eigenvalue weighted by atomic mass is 32.2. The first-order valence-corrected chi connectivity index (χ1v) is 11.0. The first kappa shape index (κ1) is 19.6. The Morgan fingerprint density at radius 2 is 1.78 bits per heavy atom. The Morgan fingerprint density at radius 3 is 2.44 bits per heavy atom. The van der Waals surface area contributed by atoms with Crippen LogP contribution in [0.25, 0.3) is 0 Å². The molecule has 0 atom stereocenters. The Kier molecular flexibility index (Phi) is 6.29. The number of likely N-dealkylation sites (tertiary alicyclic amines) is 1. The number of hydrogen-bond acceptors (Lipinski definition) is 4. The van der Waals surface area contributed by atoms with Crippen LogP contribution < -0.4 is 0 Å². The van der Waals surface area contributed by atoms with E-state index in [0.717, 1.165) is 24.7 Å². The van der Waals surface area contributed by atoms with Gasteiger partial charge in [-0.1, -0.05) is 36.4 Å². The molecule has 2 aromatic carbocycles. The molecule has 0 saturated carbocycles. The number of nitrogens with zero attached hydrogens (tertiary/aromatic N) is 1. The molecule has 27 heavy (non-hydrogen) atoms. The fourth-order valence-corrected chi connectivity index (χ4v) is 3.93. The van der Waals surface area contributed by atoms with Crippen molar-refractivity contribution in [3.63, 3.8) is 0 Å². The van der Waals surface area contributed by atoms with Crippen molar-refractivity contribution in [3.05, 3.63) is 65.7 Å². The highest BCUT2D eigenvalue weighted by molar-refractivity contribution is 7.90. The zero-order valence-corrected chi connectivity index (χ0v) is 16.3. The standard InChI is InChI=1S/C21H25NO4S/c1-27(24,25)20-9-5-8-19(14-20)21(23)22-12-10-18(11-13-22)16-26-15-17-6-3-2-4-7-17/h2-9,14,18H,10-13,15-16H2,1H3. The maximum Gasteiger partial charge on any atom is 0.253 e. The van der Waals surface area contributed by atoms with Gasteiger partial charge in [-0.15, -0.1) is 0 Å². The number of piperidine rings is 1. The molecule has 3 rings (SSSR count). The van der Waals surface area contributed by atoms with Crippen molar-refractivity contribution in [2.75, 3.05) is 26.0 Å². The molecule has 0 bridgehead atoms. The van der Waals surface area contributed by atoms with Crippen LogP contribution in [0, 0.1) is 5.92 Å². The first-order valence-electron chi connectivity index (χ1n) is 9.14. The van der Waals surface area contributed by atoms with E-state index in [4.69, 9.17) is 4.74 Å². The van der Waals surface area contributed by atoms with Gasteiger partial charge < -0.3 is 9.64 Å². The summed E-state index contributed by atoms with van der Waals surface area (Å²) < 4.78 is 29.2. The molecule has 5 nitrogen and oxygen atoms in total. The topological polar surface area (TPSA) is 63.7 Å². The Hall–Kier alpha value is -2.18. The summed E-state index contributed by atoms with van der Waals surface area (Å²) in [5, 5.41) is 0. The first-order chi connectivity index (χ1) is 12.9. The molecule has 0 unspecified atom stereocenters. The normalized spacial score (nSPS) is 15.7. The van der Waals surface area contributed by atoms with Crippen molar-refractivity contribution >= 4 is 15.7 Å². The maximum atomic E-state index is 12.7. The predicted molar refractivity (Wildman–Crippen MR) is 104 cm³/mol. The maximum absolute atomic E-state index is 12.7. The van der Waals surface area contributed by atoms with Crippen LogP contribution in [0.5, 0.6) is 0 Å². The monoisotopic (exact) mass is 387 g/mol. The summed E-state index contributed by atoms with van der Waals surface area (Å²) >= 11 is 0. The molecule has 0 radical (unpaired) electrons. The summed E-state index contributed by atoms with van der Waals surface area (Å²) in [7, 11) is -3.32. The molecular weight excluding hydrogens is 362 g/mol. The molecule has 1 saturated heterocycles.